The molecule has 1 aromatic rings. The van der Waals surface area contributed by atoms with Crippen LogP contribution in [0.2, 0.25) is 0 Å². The van der Waals surface area contributed by atoms with E-state index in [4.69, 9.17) is 0 Å². The van der Waals surface area contributed by atoms with Crippen molar-refractivity contribution in [1.29, 1.82) is 0 Å². The van der Waals surface area contributed by atoms with Crippen LogP contribution in [-0.2, 0) is 14.4 Å². The fraction of sp³-hybridized carbons (Fsp3) is 0.552. The lowest BCUT2D eigenvalue weighted by molar-refractivity contribution is -0.148. The Kier molecular flexibility index (Phi) is 6.77. The number of fused-ring (bicyclic) bond motifs is 2. The van der Waals surface area contributed by atoms with Crippen LogP contribution in [0, 0.1) is 11.8 Å². The predicted molar refractivity (Wildman–Crippen MR) is 145 cm³/mol. The van der Waals surface area contributed by atoms with Gasteiger partial charge in [0, 0.05) is 30.4 Å². The number of hydrogen-bond acceptors (Lipinski definition) is 5. The normalized spacial score (nSPS) is 33.9. The zero-order chi connectivity index (χ0) is 26.5. The molecule has 37 heavy (non-hydrogen) atoms. The molecule has 2 fully saturated rings. The number of rotatable bonds is 6. The highest BCUT2D eigenvalue weighted by atomic mass is 32.2. The molecule has 4 aliphatic heterocycles. The highest BCUT2D eigenvalue weighted by Gasteiger charge is 2.74. The molecule has 1 aromatic carbocycles. The molecule has 8 heteroatoms. The summed E-state index contributed by atoms with van der Waals surface area (Å²) in [5.41, 5.74) is 0.776. The second-order valence-electron chi connectivity index (χ2n) is 11.0. The topological polar surface area (TPSA) is 81.2 Å². The molecule has 1 spiro atoms. The predicted octanol–water partition coefficient (Wildman–Crippen LogP) is 3.02. The highest BCUT2D eigenvalue weighted by molar-refractivity contribution is 8.02. The number of carbonyl (C=O) groups excluding carboxylic acids is 3. The zero-order valence-corrected chi connectivity index (χ0v) is 22.9. The molecular weight excluding hydrogens is 486 g/mol. The Balaban J connectivity index is 1.70. The van der Waals surface area contributed by atoms with Crippen molar-refractivity contribution in [3.05, 3.63) is 60.2 Å². The van der Waals surface area contributed by atoms with Gasteiger partial charge in [0.25, 0.3) is 0 Å². The fourth-order valence-corrected chi connectivity index (χ4v) is 8.97. The molecule has 1 N–H and O–H groups in total. The standard InChI is InChI=1S/C29H37N3O4S/c1-5-15-30-16-9-13-28(4)22(25(30)34)23-26(35)32(21(18-33)20-11-7-6-8-12-20)24-27(36)31(19(2)3)17-10-14-29(23,24)37-28/h6-14,19,21-24,33H,5,15-18H2,1-4H3/t21-,22+,23+,24?,28-,29+/m1/s1. The first-order chi connectivity index (χ1) is 17.7. The summed E-state index contributed by atoms with van der Waals surface area (Å²) in [5.74, 6) is -1.67. The molecule has 0 aliphatic carbocycles. The van der Waals surface area contributed by atoms with E-state index in [2.05, 4.69) is 6.08 Å². The third-order valence-electron chi connectivity index (χ3n) is 8.42. The van der Waals surface area contributed by atoms with Crippen LogP contribution in [0.4, 0.5) is 0 Å². The van der Waals surface area contributed by atoms with Crippen molar-refractivity contribution < 1.29 is 19.5 Å². The first-order valence-electron chi connectivity index (χ1n) is 13.3. The summed E-state index contributed by atoms with van der Waals surface area (Å²) in [7, 11) is 0. The Labute approximate surface area is 223 Å². The SMILES string of the molecule is CCCN1CC=C[C@@]2(C)S[C@]34C=CCN(C(C)C)C(=O)C3N([C@H](CO)c3ccccc3)C(=O)[C@@H]4[C@H]2C1=O. The Morgan fingerprint density at radius 3 is 2.35 bits per heavy atom. The van der Waals surface area contributed by atoms with Gasteiger partial charge < -0.3 is 19.8 Å². The molecule has 0 radical (unpaired) electrons. The van der Waals surface area contributed by atoms with Crippen LogP contribution >= 0.6 is 11.8 Å². The number of nitrogens with zero attached hydrogens (tertiary/aromatic N) is 3. The quantitative estimate of drug-likeness (QED) is 0.580. The third kappa shape index (κ3) is 3.86. The minimum Gasteiger partial charge on any atom is -0.394 e. The van der Waals surface area contributed by atoms with Crippen molar-refractivity contribution in [3.63, 3.8) is 0 Å². The number of thioether (sulfide) groups is 1. The molecule has 5 rings (SSSR count). The van der Waals surface area contributed by atoms with Gasteiger partial charge in [-0.1, -0.05) is 61.6 Å². The van der Waals surface area contributed by atoms with Gasteiger partial charge in [0.15, 0.2) is 0 Å². The van der Waals surface area contributed by atoms with E-state index in [0.29, 0.717) is 19.6 Å². The van der Waals surface area contributed by atoms with Crippen molar-refractivity contribution in [2.75, 3.05) is 26.2 Å². The summed E-state index contributed by atoms with van der Waals surface area (Å²) in [6.45, 7) is 9.33. The summed E-state index contributed by atoms with van der Waals surface area (Å²) in [4.78, 5) is 48.2. The van der Waals surface area contributed by atoms with E-state index in [-0.39, 0.29) is 30.4 Å². The average molecular weight is 524 g/mol. The lowest BCUT2D eigenvalue weighted by Crippen LogP contribution is -2.55. The number of aliphatic hydroxyl groups excluding tert-OH is 1. The minimum atomic E-state index is -0.908. The average Bonchev–Trinajstić information content (AvgIpc) is 3.14. The lowest BCUT2D eigenvalue weighted by atomic mass is 9.74. The van der Waals surface area contributed by atoms with E-state index in [1.807, 2.05) is 81.2 Å². The van der Waals surface area contributed by atoms with Gasteiger partial charge in [0.1, 0.15) is 6.04 Å². The van der Waals surface area contributed by atoms with Crippen LogP contribution in [0.5, 0.6) is 0 Å². The van der Waals surface area contributed by atoms with Crippen molar-refractivity contribution in [2.45, 2.75) is 61.7 Å². The van der Waals surface area contributed by atoms with E-state index in [0.717, 1.165) is 12.0 Å². The second kappa shape index (κ2) is 9.62. The monoisotopic (exact) mass is 523 g/mol. The maximum atomic E-state index is 14.6. The van der Waals surface area contributed by atoms with Gasteiger partial charge in [0.2, 0.25) is 17.7 Å². The van der Waals surface area contributed by atoms with Gasteiger partial charge in [0.05, 0.1) is 29.2 Å². The van der Waals surface area contributed by atoms with Crippen LogP contribution < -0.4 is 0 Å². The summed E-state index contributed by atoms with van der Waals surface area (Å²) >= 11 is 1.58. The van der Waals surface area contributed by atoms with E-state index < -0.39 is 33.4 Å². The van der Waals surface area contributed by atoms with Crippen LogP contribution in [0.15, 0.2) is 54.6 Å². The Bertz CT molecular complexity index is 1140. The van der Waals surface area contributed by atoms with Gasteiger partial charge in [-0.15, -0.1) is 11.8 Å². The fourth-order valence-electron chi connectivity index (χ4n) is 6.83. The van der Waals surface area contributed by atoms with Crippen LogP contribution in [0.3, 0.4) is 0 Å². The molecule has 3 amide bonds. The van der Waals surface area contributed by atoms with Crippen molar-refractivity contribution in [2.24, 2.45) is 11.8 Å². The van der Waals surface area contributed by atoms with Gasteiger partial charge in [-0.05, 0) is 32.8 Å². The number of hydrogen-bond donors (Lipinski definition) is 1. The molecule has 1 unspecified atom stereocenters. The molecule has 0 aromatic heterocycles. The minimum absolute atomic E-state index is 0.0243. The molecule has 4 heterocycles. The van der Waals surface area contributed by atoms with Crippen molar-refractivity contribution in [1.82, 2.24) is 14.7 Å². The first-order valence-corrected chi connectivity index (χ1v) is 14.1. The molecular formula is C29H37N3O4S. The van der Waals surface area contributed by atoms with E-state index >= 15 is 0 Å². The molecule has 0 bridgehead atoms. The zero-order valence-electron chi connectivity index (χ0n) is 22.0. The molecule has 198 valence electrons. The maximum absolute atomic E-state index is 14.6. The van der Waals surface area contributed by atoms with E-state index in [9.17, 15) is 19.5 Å². The maximum Gasteiger partial charge on any atom is 0.247 e. The number of carbonyl (C=O) groups is 3. The number of likely N-dealkylation sites (tertiary alicyclic amines) is 1. The number of aliphatic hydroxyl groups is 1. The molecule has 4 aliphatic rings. The summed E-state index contributed by atoms with van der Waals surface area (Å²) in [6, 6.07) is 7.84. The molecule has 2 saturated heterocycles. The Morgan fingerprint density at radius 2 is 1.70 bits per heavy atom. The van der Waals surface area contributed by atoms with Gasteiger partial charge in [-0.25, -0.2) is 0 Å². The molecule has 7 nitrogen and oxygen atoms in total. The molecule has 0 saturated carbocycles. The summed E-state index contributed by atoms with van der Waals surface area (Å²) in [6.07, 6.45) is 8.99. The lowest BCUT2D eigenvalue weighted by Gasteiger charge is -2.40. The van der Waals surface area contributed by atoms with Gasteiger partial charge in [-0.2, -0.15) is 0 Å². The number of benzene rings is 1. The van der Waals surface area contributed by atoms with Crippen molar-refractivity contribution in [3.8, 4) is 0 Å². The Morgan fingerprint density at radius 1 is 1.00 bits per heavy atom. The number of amides is 3. The van der Waals surface area contributed by atoms with Crippen LogP contribution in [0.25, 0.3) is 0 Å². The Hall–Kier alpha value is -2.58. The smallest absolute Gasteiger partial charge is 0.247 e. The first kappa shape index (κ1) is 26.0. The van der Waals surface area contributed by atoms with Crippen LogP contribution in [-0.4, -0.2) is 85.3 Å². The van der Waals surface area contributed by atoms with E-state index in [1.54, 1.807) is 21.6 Å². The van der Waals surface area contributed by atoms with Crippen molar-refractivity contribution >= 4 is 29.5 Å². The van der Waals surface area contributed by atoms with Crippen LogP contribution in [0.1, 0.15) is 45.7 Å². The largest absolute Gasteiger partial charge is 0.394 e. The summed E-state index contributed by atoms with van der Waals surface area (Å²) < 4.78 is -1.53. The third-order valence-corrected chi connectivity index (χ3v) is 10.2. The van der Waals surface area contributed by atoms with E-state index in [1.165, 1.54) is 0 Å². The highest BCUT2D eigenvalue weighted by Crippen LogP contribution is 2.66. The second-order valence-corrected chi connectivity index (χ2v) is 12.8. The summed E-state index contributed by atoms with van der Waals surface area (Å²) in [5, 5.41) is 10.6. The van der Waals surface area contributed by atoms with Gasteiger partial charge in [-0.3, -0.25) is 14.4 Å². The molecule has 6 atom stereocenters. The van der Waals surface area contributed by atoms with Gasteiger partial charge >= 0.3 is 0 Å².